The number of rotatable bonds is 3. The van der Waals surface area contributed by atoms with Crippen LogP contribution in [-0.4, -0.2) is 27.9 Å². The lowest BCUT2D eigenvalue weighted by molar-refractivity contribution is -0.138. The second kappa shape index (κ2) is 3.63. The van der Waals surface area contributed by atoms with Crippen LogP contribution in [0.1, 0.15) is 20.3 Å². The summed E-state index contributed by atoms with van der Waals surface area (Å²) in [6.07, 6.45) is 4.69. The Balaban J connectivity index is 2.38. The molecule has 0 amide bonds. The van der Waals surface area contributed by atoms with Crippen molar-refractivity contribution in [3.05, 3.63) is 24.0 Å². The van der Waals surface area contributed by atoms with Gasteiger partial charge in [0.25, 0.3) is 0 Å². The van der Waals surface area contributed by atoms with Crippen LogP contribution in [0.3, 0.4) is 0 Å². The largest absolute Gasteiger partial charge is 0.487 e. The van der Waals surface area contributed by atoms with E-state index in [2.05, 4.69) is 0 Å². The Morgan fingerprint density at radius 2 is 2.38 bits per heavy atom. The molecule has 0 aromatic heterocycles. The summed E-state index contributed by atoms with van der Waals surface area (Å²) in [4.78, 5) is 11.1. The molecule has 0 heterocycles. The first-order chi connectivity index (χ1) is 7.53. The van der Waals surface area contributed by atoms with Crippen molar-refractivity contribution in [3.63, 3.8) is 0 Å². The van der Waals surface area contributed by atoms with Gasteiger partial charge in [0.05, 0.1) is 11.8 Å². The maximum Gasteiger partial charge on any atom is 0.335 e. The highest BCUT2D eigenvalue weighted by atomic mass is 16.5. The lowest BCUT2D eigenvalue weighted by Gasteiger charge is -2.33. The van der Waals surface area contributed by atoms with Gasteiger partial charge in [-0.1, -0.05) is 19.1 Å². The van der Waals surface area contributed by atoms with Crippen LogP contribution in [0.4, 0.5) is 0 Å². The molecule has 0 radical (unpaired) electrons. The highest BCUT2D eigenvalue weighted by Gasteiger charge is 2.60. The smallest absolute Gasteiger partial charge is 0.335 e. The number of allylic oxidation sites excluding steroid dienone is 2. The number of fused-ring (bicyclic) bond motifs is 2. The molecular weight excluding hydrogens is 208 g/mol. The molecule has 4 atom stereocenters. The molecule has 0 saturated heterocycles. The van der Waals surface area contributed by atoms with E-state index in [1.807, 2.05) is 6.92 Å². The third-order valence-corrected chi connectivity index (χ3v) is 3.67. The van der Waals surface area contributed by atoms with E-state index in [9.17, 15) is 9.90 Å². The second-order valence-electron chi connectivity index (χ2n) is 4.53. The topological polar surface area (TPSA) is 66.8 Å². The van der Waals surface area contributed by atoms with E-state index in [4.69, 9.17) is 9.84 Å². The molecule has 2 aliphatic rings. The molecule has 4 heteroatoms. The molecule has 2 bridgehead atoms. The van der Waals surface area contributed by atoms with Gasteiger partial charge in [0.2, 0.25) is 0 Å². The van der Waals surface area contributed by atoms with Crippen LogP contribution in [-0.2, 0) is 9.53 Å². The number of carbonyl (C=O) groups is 1. The van der Waals surface area contributed by atoms with Gasteiger partial charge in [-0.15, -0.1) is 0 Å². The quantitative estimate of drug-likeness (QED) is 0.709. The van der Waals surface area contributed by atoms with Crippen molar-refractivity contribution in [1.29, 1.82) is 0 Å². The number of carboxylic acid groups (broad SMARTS) is 1. The fraction of sp³-hybridized carbons (Fsp3) is 0.583. The normalized spacial score (nSPS) is 41.4. The summed E-state index contributed by atoms with van der Waals surface area (Å²) in [5.41, 5.74) is -0.844. The van der Waals surface area contributed by atoms with Gasteiger partial charge in [0.15, 0.2) is 5.60 Å². The predicted octanol–water partition coefficient (Wildman–Crippen LogP) is 1.32. The average molecular weight is 224 g/mol. The van der Waals surface area contributed by atoms with Crippen LogP contribution in [0.2, 0.25) is 0 Å². The van der Waals surface area contributed by atoms with Gasteiger partial charge >= 0.3 is 5.97 Å². The van der Waals surface area contributed by atoms with Crippen LogP contribution in [0.5, 0.6) is 0 Å². The van der Waals surface area contributed by atoms with Crippen molar-refractivity contribution in [2.75, 3.05) is 0 Å². The van der Waals surface area contributed by atoms with Crippen molar-refractivity contribution in [3.8, 4) is 0 Å². The third kappa shape index (κ3) is 1.29. The highest BCUT2D eigenvalue weighted by molar-refractivity contribution is 5.90. The molecule has 88 valence electrons. The lowest BCUT2D eigenvalue weighted by Crippen LogP contribution is -2.45. The van der Waals surface area contributed by atoms with Crippen molar-refractivity contribution >= 4 is 5.97 Å². The monoisotopic (exact) mass is 224 g/mol. The molecule has 1 fully saturated rings. The zero-order chi connectivity index (χ0) is 11.9. The first-order valence-electron chi connectivity index (χ1n) is 5.45. The van der Waals surface area contributed by atoms with E-state index in [0.717, 1.165) is 0 Å². The Morgan fingerprint density at radius 3 is 2.88 bits per heavy atom. The van der Waals surface area contributed by atoms with Gasteiger partial charge in [0.1, 0.15) is 6.10 Å². The average Bonchev–Trinajstić information content (AvgIpc) is 2.73. The lowest BCUT2D eigenvalue weighted by atomic mass is 9.85. The number of aliphatic hydroxyl groups is 1. The predicted molar refractivity (Wildman–Crippen MR) is 57.6 cm³/mol. The summed E-state index contributed by atoms with van der Waals surface area (Å²) in [7, 11) is 0. The molecule has 4 nitrogen and oxygen atoms in total. The Bertz CT molecular complexity index is 371. The molecule has 4 unspecified atom stereocenters. The Morgan fingerprint density at radius 1 is 1.69 bits per heavy atom. The molecule has 0 aliphatic heterocycles. The van der Waals surface area contributed by atoms with Gasteiger partial charge < -0.3 is 14.9 Å². The molecule has 16 heavy (non-hydrogen) atoms. The van der Waals surface area contributed by atoms with Gasteiger partial charge in [0, 0.05) is 6.42 Å². The molecular formula is C12H16O4. The van der Waals surface area contributed by atoms with Crippen LogP contribution in [0.25, 0.3) is 0 Å². The van der Waals surface area contributed by atoms with Crippen LogP contribution < -0.4 is 0 Å². The van der Waals surface area contributed by atoms with E-state index < -0.39 is 17.7 Å². The summed E-state index contributed by atoms with van der Waals surface area (Å²) in [5, 5.41) is 19.2. The van der Waals surface area contributed by atoms with Crippen molar-refractivity contribution in [1.82, 2.24) is 0 Å². The Hall–Kier alpha value is -1.29. The number of hydrogen-bond acceptors (Lipinski definition) is 3. The molecule has 0 aromatic carbocycles. The summed E-state index contributed by atoms with van der Waals surface area (Å²) in [5.74, 6) is -0.849. The summed E-state index contributed by atoms with van der Waals surface area (Å²) >= 11 is 0. The summed E-state index contributed by atoms with van der Waals surface area (Å²) in [6.45, 7) is 3.71. The maximum atomic E-state index is 11.1. The van der Waals surface area contributed by atoms with E-state index >= 15 is 0 Å². The second-order valence-corrected chi connectivity index (χ2v) is 4.53. The molecule has 2 aliphatic carbocycles. The number of hydrogen-bond donors (Lipinski definition) is 2. The van der Waals surface area contributed by atoms with Crippen molar-refractivity contribution in [2.45, 2.75) is 32.0 Å². The van der Waals surface area contributed by atoms with Gasteiger partial charge in [-0.05, 0) is 18.8 Å². The zero-order valence-corrected chi connectivity index (χ0v) is 9.38. The molecule has 2 rings (SSSR count). The number of carboxylic acids is 1. The fourth-order valence-corrected chi connectivity index (χ4v) is 2.77. The highest BCUT2D eigenvalue weighted by Crippen LogP contribution is 2.52. The summed E-state index contributed by atoms with van der Waals surface area (Å²) in [6, 6.07) is 0. The van der Waals surface area contributed by atoms with E-state index in [1.165, 1.54) is 6.26 Å². The number of aliphatic hydroxyl groups excluding tert-OH is 1. The first kappa shape index (κ1) is 11.2. The molecule has 0 spiro atoms. The van der Waals surface area contributed by atoms with Crippen LogP contribution >= 0.6 is 0 Å². The van der Waals surface area contributed by atoms with E-state index in [1.54, 1.807) is 19.1 Å². The van der Waals surface area contributed by atoms with E-state index in [-0.39, 0.29) is 17.4 Å². The molecule has 2 N–H and O–H groups in total. The zero-order valence-electron chi connectivity index (χ0n) is 9.38. The molecule has 1 saturated carbocycles. The van der Waals surface area contributed by atoms with Crippen LogP contribution in [0, 0.1) is 11.8 Å². The van der Waals surface area contributed by atoms with Gasteiger partial charge in [-0.2, -0.15) is 0 Å². The SMILES string of the molecule is CC=COC12CC(C=C1C(=O)O)C(C)C2O. The number of aliphatic carboxylic acids is 1. The fourth-order valence-electron chi connectivity index (χ4n) is 2.77. The standard InChI is InChI=1S/C12H16O4/c1-3-4-16-12-6-8(7(2)10(12)13)5-9(12)11(14)15/h3-5,7-8,10,13H,6H2,1-2H3,(H,14,15). The van der Waals surface area contributed by atoms with Gasteiger partial charge in [-0.3, -0.25) is 0 Å². The van der Waals surface area contributed by atoms with E-state index in [0.29, 0.717) is 6.42 Å². The van der Waals surface area contributed by atoms with Crippen LogP contribution in [0.15, 0.2) is 24.0 Å². The molecule has 0 aromatic rings. The summed E-state index contributed by atoms with van der Waals surface area (Å²) < 4.78 is 5.51. The minimum absolute atomic E-state index is 0.0494. The Labute approximate surface area is 94.2 Å². The number of ether oxygens (including phenoxy) is 1. The van der Waals surface area contributed by atoms with Gasteiger partial charge in [-0.25, -0.2) is 4.79 Å². The third-order valence-electron chi connectivity index (χ3n) is 3.67. The van der Waals surface area contributed by atoms with Crippen molar-refractivity contribution < 1.29 is 19.7 Å². The maximum absolute atomic E-state index is 11.1. The van der Waals surface area contributed by atoms with Crippen molar-refractivity contribution in [2.24, 2.45) is 11.8 Å². The Kier molecular flexibility index (Phi) is 2.54. The minimum atomic E-state index is -1.04. The first-order valence-corrected chi connectivity index (χ1v) is 5.45. The minimum Gasteiger partial charge on any atom is -0.487 e.